The first-order chi connectivity index (χ1) is 8.35. The maximum atomic E-state index is 5.87. The molecule has 1 heteroatoms. The van der Waals surface area contributed by atoms with Crippen molar-refractivity contribution in [1.82, 2.24) is 0 Å². The van der Waals surface area contributed by atoms with Crippen LogP contribution in [-0.4, -0.2) is 5.60 Å². The molecule has 0 aliphatic rings. The van der Waals surface area contributed by atoms with E-state index in [1.54, 1.807) is 0 Å². The Bertz CT molecular complexity index is 423. The van der Waals surface area contributed by atoms with E-state index in [1.807, 2.05) is 6.92 Å². The Morgan fingerprint density at radius 3 is 2.17 bits per heavy atom. The first-order valence-corrected chi connectivity index (χ1v) is 6.44. The zero-order valence-corrected chi connectivity index (χ0v) is 12.0. The molecule has 0 unspecified atom stereocenters. The van der Waals surface area contributed by atoms with Crippen LogP contribution in [-0.2, 0) is 11.3 Å². The highest BCUT2D eigenvalue weighted by atomic mass is 16.5. The molecule has 1 rings (SSSR count). The van der Waals surface area contributed by atoms with Crippen LogP contribution in [0.4, 0.5) is 0 Å². The van der Waals surface area contributed by atoms with Crippen molar-refractivity contribution in [3.63, 3.8) is 0 Å². The molecule has 98 valence electrons. The second-order valence-corrected chi connectivity index (χ2v) is 5.36. The average molecular weight is 244 g/mol. The van der Waals surface area contributed by atoms with E-state index in [0.717, 1.165) is 23.1 Å². The van der Waals surface area contributed by atoms with Gasteiger partial charge in [-0.25, -0.2) is 0 Å². The Morgan fingerprint density at radius 1 is 1.17 bits per heavy atom. The summed E-state index contributed by atoms with van der Waals surface area (Å²) >= 11 is 0. The Balaban J connectivity index is 2.67. The van der Waals surface area contributed by atoms with E-state index < -0.39 is 0 Å². The summed E-state index contributed by atoms with van der Waals surface area (Å²) in [5.41, 5.74) is 4.26. The zero-order valence-electron chi connectivity index (χ0n) is 12.0. The van der Waals surface area contributed by atoms with Crippen LogP contribution in [0.5, 0.6) is 0 Å². The third-order valence-electron chi connectivity index (χ3n) is 3.30. The van der Waals surface area contributed by atoms with E-state index in [0.29, 0.717) is 6.61 Å². The van der Waals surface area contributed by atoms with Crippen LogP contribution < -0.4 is 0 Å². The topological polar surface area (TPSA) is 9.23 Å². The van der Waals surface area contributed by atoms with Crippen LogP contribution in [0.25, 0.3) is 5.57 Å². The fraction of sp³-hybridized carbons (Fsp3) is 0.412. The molecule has 0 saturated carbocycles. The third kappa shape index (κ3) is 4.15. The van der Waals surface area contributed by atoms with E-state index in [4.69, 9.17) is 4.74 Å². The highest BCUT2D eigenvalue weighted by molar-refractivity contribution is 5.75. The molecular formula is C17H24O. The third-order valence-corrected chi connectivity index (χ3v) is 3.30. The molecule has 1 nitrogen and oxygen atoms in total. The highest BCUT2D eigenvalue weighted by Gasteiger charge is 2.14. The van der Waals surface area contributed by atoms with Crippen molar-refractivity contribution in [2.45, 2.75) is 46.3 Å². The van der Waals surface area contributed by atoms with Crippen LogP contribution in [0.3, 0.4) is 0 Å². The molecule has 0 radical (unpaired) electrons. The van der Waals surface area contributed by atoms with E-state index in [2.05, 4.69) is 58.2 Å². The largest absolute Gasteiger partial charge is 0.371 e. The number of hydrogen-bond acceptors (Lipinski definition) is 1. The maximum absolute atomic E-state index is 5.87. The molecule has 1 aromatic carbocycles. The lowest BCUT2D eigenvalue weighted by atomic mass is 10.0. The SMILES string of the molecule is C=C(C)C(=C)c1ccc(COC(C)(C)CC)cc1. The molecule has 0 amide bonds. The van der Waals surface area contributed by atoms with Gasteiger partial charge in [-0.15, -0.1) is 0 Å². The summed E-state index contributed by atoms with van der Waals surface area (Å²) in [6.45, 7) is 16.9. The average Bonchev–Trinajstić information content (AvgIpc) is 2.36. The lowest BCUT2D eigenvalue weighted by molar-refractivity contribution is -0.0316. The summed E-state index contributed by atoms with van der Waals surface area (Å²) in [6.07, 6.45) is 1.01. The van der Waals surface area contributed by atoms with Crippen molar-refractivity contribution in [3.05, 3.63) is 54.1 Å². The first kappa shape index (κ1) is 14.7. The minimum Gasteiger partial charge on any atom is -0.371 e. The van der Waals surface area contributed by atoms with Crippen molar-refractivity contribution in [1.29, 1.82) is 0 Å². The Morgan fingerprint density at radius 2 is 1.72 bits per heavy atom. The zero-order chi connectivity index (χ0) is 13.8. The van der Waals surface area contributed by atoms with Gasteiger partial charge in [0.2, 0.25) is 0 Å². The van der Waals surface area contributed by atoms with Gasteiger partial charge >= 0.3 is 0 Å². The smallest absolute Gasteiger partial charge is 0.0724 e. The summed E-state index contributed by atoms with van der Waals surface area (Å²) in [5.74, 6) is 0. The number of rotatable bonds is 6. The summed E-state index contributed by atoms with van der Waals surface area (Å²) in [6, 6.07) is 8.34. The fourth-order valence-corrected chi connectivity index (χ4v) is 1.43. The fourth-order valence-electron chi connectivity index (χ4n) is 1.43. The Hall–Kier alpha value is -1.34. The molecule has 0 bridgehead atoms. The minimum atomic E-state index is -0.0556. The van der Waals surface area contributed by atoms with Gasteiger partial charge in [0.05, 0.1) is 12.2 Å². The van der Waals surface area contributed by atoms with Gasteiger partial charge < -0.3 is 4.74 Å². The van der Waals surface area contributed by atoms with Crippen LogP contribution in [0.1, 0.15) is 45.2 Å². The quantitative estimate of drug-likeness (QED) is 0.641. The molecule has 0 aromatic heterocycles. The Labute approximate surface area is 111 Å². The van der Waals surface area contributed by atoms with Crippen molar-refractivity contribution < 1.29 is 4.74 Å². The lowest BCUT2D eigenvalue weighted by Gasteiger charge is -2.23. The molecule has 0 heterocycles. The summed E-state index contributed by atoms with van der Waals surface area (Å²) in [7, 11) is 0. The number of allylic oxidation sites excluding steroid dienone is 2. The normalized spacial score (nSPS) is 11.3. The van der Waals surface area contributed by atoms with Crippen LogP contribution in [0, 0.1) is 0 Å². The number of ether oxygens (including phenoxy) is 1. The van der Waals surface area contributed by atoms with Crippen molar-refractivity contribution in [3.8, 4) is 0 Å². The predicted molar refractivity (Wildman–Crippen MR) is 79.4 cm³/mol. The Kier molecular flexibility index (Phi) is 4.92. The molecule has 0 saturated heterocycles. The van der Waals surface area contributed by atoms with Gasteiger partial charge in [-0.05, 0) is 43.9 Å². The highest BCUT2D eigenvalue weighted by Crippen LogP contribution is 2.21. The van der Waals surface area contributed by atoms with Crippen molar-refractivity contribution >= 4 is 5.57 Å². The standard InChI is InChI=1S/C17H24O/c1-7-17(5,6)18-12-15-8-10-16(11-9-15)14(4)13(2)3/h8-11H,2,4,7,12H2,1,3,5-6H3. The summed E-state index contributed by atoms with van der Waals surface area (Å²) in [4.78, 5) is 0. The number of benzene rings is 1. The molecule has 0 spiro atoms. The maximum Gasteiger partial charge on any atom is 0.0724 e. The van der Waals surface area contributed by atoms with Crippen molar-refractivity contribution in [2.75, 3.05) is 0 Å². The van der Waals surface area contributed by atoms with Crippen LogP contribution in [0.2, 0.25) is 0 Å². The first-order valence-electron chi connectivity index (χ1n) is 6.44. The van der Waals surface area contributed by atoms with E-state index >= 15 is 0 Å². The predicted octanol–water partition coefficient (Wildman–Crippen LogP) is 4.98. The monoisotopic (exact) mass is 244 g/mol. The van der Waals surface area contributed by atoms with E-state index in [-0.39, 0.29) is 5.60 Å². The molecule has 0 aliphatic heterocycles. The van der Waals surface area contributed by atoms with Gasteiger partial charge in [0.25, 0.3) is 0 Å². The molecular weight excluding hydrogens is 220 g/mol. The molecule has 18 heavy (non-hydrogen) atoms. The van der Waals surface area contributed by atoms with Gasteiger partial charge in [-0.2, -0.15) is 0 Å². The van der Waals surface area contributed by atoms with Gasteiger partial charge in [0.15, 0.2) is 0 Å². The van der Waals surface area contributed by atoms with Gasteiger partial charge in [0, 0.05) is 0 Å². The molecule has 0 atom stereocenters. The second-order valence-electron chi connectivity index (χ2n) is 5.36. The van der Waals surface area contributed by atoms with Gasteiger partial charge in [-0.1, -0.05) is 49.9 Å². The molecule has 1 aromatic rings. The molecule has 0 N–H and O–H groups in total. The summed E-state index contributed by atoms with van der Waals surface area (Å²) < 4.78 is 5.87. The van der Waals surface area contributed by atoms with Gasteiger partial charge in [0.1, 0.15) is 0 Å². The van der Waals surface area contributed by atoms with Gasteiger partial charge in [-0.3, -0.25) is 0 Å². The number of hydrogen-bond donors (Lipinski definition) is 0. The molecule has 0 fully saturated rings. The minimum absolute atomic E-state index is 0.0556. The van der Waals surface area contributed by atoms with Crippen molar-refractivity contribution in [2.24, 2.45) is 0 Å². The second kappa shape index (κ2) is 6.01. The van der Waals surface area contributed by atoms with E-state index in [1.165, 1.54) is 5.56 Å². The van der Waals surface area contributed by atoms with E-state index in [9.17, 15) is 0 Å². The molecule has 0 aliphatic carbocycles. The summed E-state index contributed by atoms with van der Waals surface area (Å²) in [5, 5.41) is 0. The lowest BCUT2D eigenvalue weighted by Crippen LogP contribution is -2.22. The van der Waals surface area contributed by atoms with Crippen LogP contribution >= 0.6 is 0 Å². The van der Waals surface area contributed by atoms with Crippen LogP contribution in [0.15, 0.2) is 43.0 Å².